The van der Waals surface area contributed by atoms with Crippen LogP contribution in [-0.2, 0) is 9.84 Å². The van der Waals surface area contributed by atoms with Gasteiger partial charge in [-0.3, -0.25) is 0 Å². The number of rotatable bonds is 5. The van der Waals surface area contributed by atoms with Gasteiger partial charge in [0.1, 0.15) is 0 Å². The van der Waals surface area contributed by atoms with Gasteiger partial charge < -0.3 is 9.88 Å². The highest BCUT2D eigenvalue weighted by molar-refractivity contribution is 7.92. The third-order valence-corrected chi connectivity index (χ3v) is 5.62. The SMILES string of the molecule is Cc1cn(C2CC2)c(NCC(C)(C)S(C)(=O)=O)n1. The van der Waals surface area contributed by atoms with Gasteiger partial charge in [-0.05, 0) is 33.6 Å². The molecule has 0 saturated heterocycles. The van der Waals surface area contributed by atoms with Gasteiger partial charge in [-0.2, -0.15) is 0 Å². The Labute approximate surface area is 109 Å². The molecule has 18 heavy (non-hydrogen) atoms. The van der Waals surface area contributed by atoms with Crippen molar-refractivity contribution >= 4 is 15.8 Å². The van der Waals surface area contributed by atoms with Crippen LogP contribution in [0.4, 0.5) is 5.95 Å². The first-order chi connectivity index (χ1) is 8.21. The Morgan fingerprint density at radius 2 is 2.11 bits per heavy atom. The molecule has 0 aliphatic heterocycles. The van der Waals surface area contributed by atoms with Gasteiger partial charge >= 0.3 is 0 Å². The zero-order chi connectivity index (χ0) is 13.6. The van der Waals surface area contributed by atoms with Gasteiger partial charge in [0.05, 0.1) is 10.4 Å². The molecule has 1 fully saturated rings. The molecule has 1 saturated carbocycles. The van der Waals surface area contributed by atoms with Crippen LogP contribution in [0.15, 0.2) is 6.20 Å². The van der Waals surface area contributed by atoms with Gasteiger partial charge in [-0.15, -0.1) is 0 Å². The molecule has 0 radical (unpaired) electrons. The average Bonchev–Trinajstić information content (AvgIpc) is 2.98. The molecule has 0 aromatic carbocycles. The predicted octanol–water partition coefficient (Wildman–Crippen LogP) is 1.76. The molecule has 1 heterocycles. The fraction of sp³-hybridized carbons (Fsp3) is 0.750. The number of hydrogen-bond acceptors (Lipinski definition) is 4. The summed E-state index contributed by atoms with van der Waals surface area (Å²) in [6, 6.07) is 0.537. The lowest BCUT2D eigenvalue weighted by atomic mass is 10.2. The molecule has 1 aromatic heterocycles. The van der Waals surface area contributed by atoms with Crippen LogP contribution in [0, 0.1) is 6.92 Å². The minimum absolute atomic E-state index is 0.370. The van der Waals surface area contributed by atoms with Crippen molar-refractivity contribution < 1.29 is 8.42 Å². The van der Waals surface area contributed by atoms with E-state index in [1.807, 2.05) is 13.1 Å². The maximum Gasteiger partial charge on any atom is 0.203 e. The maximum absolute atomic E-state index is 11.6. The van der Waals surface area contributed by atoms with Crippen LogP contribution in [0.3, 0.4) is 0 Å². The molecule has 5 nitrogen and oxygen atoms in total. The van der Waals surface area contributed by atoms with Crippen LogP contribution >= 0.6 is 0 Å². The zero-order valence-electron chi connectivity index (χ0n) is 11.4. The van der Waals surface area contributed by atoms with E-state index in [1.165, 1.54) is 19.1 Å². The first-order valence-corrected chi connectivity index (χ1v) is 8.09. The monoisotopic (exact) mass is 271 g/mol. The second kappa shape index (κ2) is 4.26. The molecule has 1 aromatic rings. The number of sulfone groups is 1. The normalized spacial score (nSPS) is 16.9. The van der Waals surface area contributed by atoms with E-state index in [-0.39, 0.29) is 0 Å². The molecule has 1 aliphatic rings. The van der Waals surface area contributed by atoms with E-state index in [1.54, 1.807) is 13.8 Å². The van der Waals surface area contributed by atoms with Crippen molar-refractivity contribution in [2.45, 2.75) is 44.4 Å². The fourth-order valence-electron chi connectivity index (χ4n) is 1.70. The first kappa shape index (κ1) is 13.4. The van der Waals surface area contributed by atoms with E-state index in [0.717, 1.165) is 11.6 Å². The molecule has 2 rings (SSSR count). The van der Waals surface area contributed by atoms with E-state index < -0.39 is 14.6 Å². The highest BCUT2D eigenvalue weighted by atomic mass is 32.2. The Balaban J connectivity index is 2.11. The van der Waals surface area contributed by atoms with Crippen molar-refractivity contribution in [2.24, 2.45) is 0 Å². The van der Waals surface area contributed by atoms with E-state index in [0.29, 0.717) is 12.6 Å². The van der Waals surface area contributed by atoms with Gasteiger partial charge in [0, 0.05) is 25.0 Å². The minimum Gasteiger partial charge on any atom is -0.354 e. The van der Waals surface area contributed by atoms with E-state index >= 15 is 0 Å². The quantitative estimate of drug-likeness (QED) is 0.886. The highest BCUT2D eigenvalue weighted by Gasteiger charge is 2.31. The van der Waals surface area contributed by atoms with Gasteiger partial charge in [0.2, 0.25) is 5.95 Å². The molecular formula is C12H21N3O2S. The summed E-state index contributed by atoms with van der Waals surface area (Å²) in [5.41, 5.74) is 0.960. The summed E-state index contributed by atoms with van der Waals surface area (Å²) in [5, 5.41) is 3.17. The standard InChI is InChI=1S/C12H21N3O2S/c1-9-7-15(10-5-6-10)11(14-9)13-8-12(2,3)18(4,16)17/h7,10H,5-6,8H2,1-4H3,(H,13,14). The minimum atomic E-state index is -3.08. The molecule has 102 valence electrons. The lowest BCUT2D eigenvalue weighted by molar-refractivity contribution is 0.558. The van der Waals surface area contributed by atoms with Crippen molar-refractivity contribution in [3.63, 3.8) is 0 Å². The molecule has 0 bridgehead atoms. The molecule has 0 amide bonds. The third kappa shape index (κ3) is 2.68. The summed E-state index contributed by atoms with van der Waals surface area (Å²) < 4.78 is 24.6. The number of nitrogens with zero attached hydrogens (tertiary/aromatic N) is 2. The number of hydrogen-bond donors (Lipinski definition) is 1. The first-order valence-electron chi connectivity index (χ1n) is 6.20. The molecule has 0 spiro atoms. The Morgan fingerprint density at radius 1 is 1.50 bits per heavy atom. The van der Waals surface area contributed by atoms with Crippen molar-refractivity contribution in [3.8, 4) is 0 Å². The number of nitrogens with one attached hydrogen (secondary N) is 1. The Morgan fingerprint density at radius 3 is 2.61 bits per heavy atom. The van der Waals surface area contributed by atoms with Gasteiger partial charge in [0.15, 0.2) is 9.84 Å². The Hall–Kier alpha value is -1.04. The van der Waals surface area contributed by atoms with Crippen molar-refractivity contribution in [3.05, 3.63) is 11.9 Å². The van der Waals surface area contributed by atoms with Gasteiger partial charge in [-0.1, -0.05) is 0 Å². The molecule has 1 aliphatic carbocycles. The summed E-state index contributed by atoms with van der Waals surface area (Å²) in [6.07, 6.45) is 5.65. The van der Waals surface area contributed by atoms with Crippen LogP contribution in [0.1, 0.15) is 38.4 Å². The van der Waals surface area contributed by atoms with E-state index in [9.17, 15) is 8.42 Å². The largest absolute Gasteiger partial charge is 0.354 e. The third-order valence-electron chi connectivity index (χ3n) is 3.47. The second-order valence-electron chi connectivity index (χ2n) is 5.73. The Kier molecular flexibility index (Phi) is 3.17. The van der Waals surface area contributed by atoms with Crippen LogP contribution in [0.25, 0.3) is 0 Å². The van der Waals surface area contributed by atoms with Crippen molar-refractivity contribution in [1.29, 1.82) is 0 Å². The summed E-state index contributed by atoms with van der Waals surface area (Å²) in [4.78, 5) is 4.41. The Bertz CT molecular complexity index is 542. The topological polar surface area (TPSA) is 64.0 Å². The molecular weight excluding hydrogens is 250 g/mol. The lowest BCUT2D eigenvalue weighted by Gasteiger charge is -2.23. The second-order valence-corrected chi connectivity index (χ2v) is 8.38. The summed E-state index contributed by atoms with van der Waals surface area (Å²) in [7, 11) is -3.08. The summed E-state index contributed by atoms with van der Waals surface area (Å²) >= 11 is 0. The number of aryl methyl sites for hydroxylation is 1. The van der Waals surface area contributed by atoms with Gasteiger partial charge in [0.25, 0.3) is 0 Å². The van der Waals surface area contributed by atoms with E-state index in [4.69, 9.17) is 0 Å². The van der Waals surface area contributed by atoms with E-state index in [2.05, 4.69) is 14.9 Å². The fourth-order valence-corrected chi connectivity index (χ4v) is 2.04. The molecule has 6 heteroatoms. The molecule has 0 unspecified atom stereocenters. The summed E-state index contributed by atoms with van der Waals surface area (Å²) in [6.45, 7) is 5.78. The number of imidazole rings is 1. The van der Waals surface area contributed by atoms with Crippen molar-refractivity contribution in [2.75, 3.05) is 18.1 Å². The number of aromatic nitrogens is 2. The van der Waals surface area contributed by atoms with Crippen molar-refractivity contribution in [1.82, 2.24) is 9.55 Å². The molecule has 0 atom stereocenters. The zero-order valence-corrected chi connectivity index (χ0v) is 12.2. The van der Waals surface area contributed by atoms with Crippen LogP contribution < -0.4 is 5.32 Å². The van der Waals surface area contributed by atoms with Crippen LogP contribution in [0.2, 0.25) is 0 Å². The summed E-state index contributed by atoms with van der Waals surface area (Å²) in [5.74, 6) is 0.784. The van der Waals surface area contributed by atoms with Gasteiger partial charge in [-0.25, -0.2) is 13.4 Å². The van der Waals surface area contributed by atoms with Crippen LogP contribution in [-0.4, -0.2) is 35.5 Å². The lowest BCUT2D eigenvalue weighted by Crippen LogP contribution is -2.38. The van der Waals surface area contributed by atoms with Crippen LogP contribution in [0.5, 0.6) is 0 Å². The number of anilines is 1. The average molecular weight is 271 g/mol. The smallest absolute Gasteiger partial charge is 0.203 e. The highest BCUT2D eigenvalue weighted by Crippen LogP contribution is 2.37. The predicted molar refractivity (Wildman–Crippen MR) is 72.6 cm³/mol. The molecule has 1 N–H and O–H groups in total. The maximum atomic E-state index is 11.6.